The number of nitrogens with zero attached hydrogens (tertiary/aromatic N) is 3. The van der Waals surface area contributed by atoms with Crippen LogP contribution in [0.4, 0.5) is 4.39 Å². The first-order chi connectivity index (χ1) is 8.24. The summed E-state index contributed by atoms with van der Waals surface area (Å²) >= 11 is 0. The maximum Gasteiger partial charge on any atom is 0.164 e. The third-order valence-corrected chi connectivity index (χ3v) is 2.92. The number of benzene rings is 1. The SMILES string of the molecule is Cc1cc(F)cc(-c2nnc3n2CCNC3)c1. The van der Waals surface area contributed by atoms with E-state index in [9.17, 15) is 4.39 Å². The second-order valence-corrected chi connectivity index (χ2v) is 4.29. The third-order valence-electron chi connectivity index (χ3n) is 2.92. The van der Waals surface area contributed by atoms with Crippen molar-refractivity contribution in [3.63, 3.8) is 0 Å². The second-order valence-electron chi connectivity index (χ2n) is 4.29. The molecule has 3 rings (SSSR count). The number of hydrogen-bond acceptors (Lipinski definition) is 3. The van der Waals surface area contributed by atoms with Crippen molar-refractivity contribution in [2.24, 2.45) is 0 Å². The number of hydrogen-bond donors (Lipinski definition) is 1. The van der Waals surface area contributed by atoms with Crippen molar-refractivity contribution in [3.8, 4) is 11.4 Å². The molecular weight excluding hydrogens is 219 g/mol. The van der Waals surface area contributed by atoms with E-state index in [1.807, 2.05) is 17.6 Å². The van der Waals surface area contributed by atoms with Gasteiger partial charge in [-0.1, -0.05) is 0 Å². The lowest BCUT2D eigenvalue weighted by molar-refractivity contribution is 0.508. The molecule has 1 aliphatic rings. The van der Waals surface area contributed by atoms with Gasteiger partial charge in [0.1, 0.15) is 11.6 Å². The summed E-state index contributed by atoms with van der Waals surface area (Å²) in [5, 5.41) is 11.5. The van der Waals surface area contributed by atoms with Gasteiger partial charge < -0.3 is 9.88 Å². The average Bonchev–Trinajstić information content (AvgIpc) is 2.71. The Morgan fingerprint density at radius 2 is 2.18 bits per heavy atom. The summed E-state index contributed by atoms with van der Waals surface area (Å²) < 4.78 is 15.4. The summed E-state index contributed by atoms with van der Waals surface area (Å²) in [4.78, 5) is 0. The number of nitrogens with one attached hydrogen (secondary N) is 1. The van der Waals surface area contributed by atoms with Crippen LogP contribution in [0.1, 0.15) is 11.4 Å². The minimum atomic E-state index is -0.230. The Morgan fingerprint density at radius 1 is 1.29 bits per heavy atom. The number of rotatable bonds is 1. The number of fused-ring (bicyclic) bond motifs is 1. The van der Waals surface area contributed by atoms with Gasteiger partial charge in [0.05, 0.1) is 6.54 Å². The van der Waals surface area contributed by atoms with Gasteiger partial charge in [-0.15, -0.1) is 10.2 Å². The van der Waals surface area contributed by atoms with Gasteiger partial charge >= 0.3 is 0 Å². The van der Waals surface area contributed by atoms with Crippen LogP contribution in [0.25, 0.3) is 11.4 Å². The van der Waals surface area contributed by atoms with Gasteiger partial charge in [0.15, 0.2) is 5.82 Å². The Bertz CT molecular complexity index is 541. The Kier molecular flexibility index (Phi) is 2.40. The first kappa shape index (κ1) is 10.4. The fourth-order valence-corrected chi connectivity index (χ4v) is 2.17. The quantitative estimate of drug-likeness (QED) is 0.810. The van der Waals surface area contributed by atoms with Crippen molar-refractivity contribution < 1.29 is 4.39 Å². The Balaban J connectivity index is 2.11. The predicted molar refractivity (Wildman–Crippen MR) is 61.9 cm³/mol. The molecule has 0 saturated carbocycles. The first-order valence-electron chi connectivity index (χ1n) is 5.64. The van der Waals surface area contributed by atoms with E-state index in [0.29, 0.717) is 0 Å². The van der Waals surface area contributed by atoms with Crippen molar-refractivity contribution in [1.82, 2.24) is 20.1 Å². The van der Waals surface area contributed by atoms with Gasteiger partial charge in [-0.25, -0.2) is 4.39 Å². The molecular formula is C12H13FN4. The maximum absolute atomic E-state index is 13.4. The van der Waals surface area contributed by atoms with E-state index in [1.165, 1.54) is 12.1 Å². The topological polar surface area (TPSA) is 42.7 Å². The zero-order valence-corrected chi connectivity index (χ0v) is 9.57. The zero-order valence-electron chi connectivity index (χ0n) is 9.57. The maximum atomic E-state index is 13.4. The molecule has 17 heavy (non-hydrogen) atoms. The van der Waals surface area contributed by atoms with Crippen molar-refractivity contribution in [2.75, 3.05) is 6.54 Å². The third kappa shape index (κ3) is 1.82. The van der Waals surface area contributed by atoms with E-state index < -0.39 is 0 Å². The highest BCUT2D eigenvalue weighted by molar-refractivity contribution is 5.56. The van der Waals surface area contributed by atoms with Crippen molar-refractivity contribution in [2.45, 2.75) is 20.0 Å². The molecule has 2 heterocycles. The van der Waals surface area contributed by atoms with Gasteiger partial charge in [-0.3, -0.25) is 0 Å². The summed E-state index contributed by atoms with van der Waals surface area (Å²) in [6, 6.07) is 4.95. The number of halogens is 1. The van der Waals surface area contributed by atoms with Crippen LogP contribution < -0.4 is 5.32 Å². The van der Waals surface area contributed by atoms with Crippen LogP contribution in [-0.2, 0) is 13.1 Å². The molecule has 0 amide bonds. The lowest BCUT2D eigenvalue weighted by atomic mass is 10.1. The van der Waals surface area contributed by atoms with Crippen LogP contribution in [0.5, 0.6) is 0 Å². The van der Waals surface area contributed by atoms with Crippen molar-refractivity contribution >= 4 is 0 Å². The highest BCUT2D eigenvalue weighted by Crippen LogP contribution is 2.21. The molecule has 0 aliphatic carbocycles. The molecule has 0 atom stereocenters. The van der Waals surface area contributed by atoms with Crippen LogP contribution in [0.15, 0.2) is 18.2 Å². The minimum Gasteiger partial charge on any atom is -0.309 e. The van der Waals surface area contributed by atoms with Crippen LogP contribution >= 0.6 is 0 Å². The summed E-state index contributed by atoms with van der Waals surface area (Å²) in [5.74, 6) is 1.43. The van der Waals surface area contributed by atoms with E-state index in [-0.39, 0.29) is 5.82 Å². The average molecular weight is 232 g/mol. The molecule has 4 nitrogen and oxygen atoms in total. The van der Waals surface area contributed by atoms with Crippen LogP contribution in [0, 0.1) is 12.7 Å². The molecule has 1 aromatic carbocycles. The van der Waals surface area contributed by atoms with E-state index in [2.05, 4.69) is 15.5 Å². The Hall–Kier alpha value is -1.75. The lowest BCUT2D eigenvalue weighted by Gasteiger charge is -2.16. The van der Waals surface area contributed by atoms with Gasteiger partial charge in [0, 0.05) is 18.7 Å². The van der Waals surface area contributed by atoms with Crippen molar-refractivity contribution in [1.29, 1.82) is 0 Å². The molecule has 2 aromatic rings. The largest absolute Gasteiger partial charge is 0.309 e. The summed E-state index contributed by atoms with van der Waals surface area (Å²) in [6.45, 7) is 4.32. The molecule has 88 valence electrons. The fourth-order valence-electron chi connectivity index (χ4n) is 2.17. The smallest absolute Gasteiger partial charge is 0.164 e. The van der Waals surface area contributed by atoms with Crippen LogP contribution in [0.3, 0.4) is 0 Å². The lowest BCUT2D eigenvalue weighted by Crippen LogP contribution is -2.28. The molecule has 0 saturated heterocycles. The summed E-state index contributed by atoms with van der Waals surface area (Å²) in [7, 11) is 0. The summed E-state index contributed by atoms with van der Waals surface area (Å²) in [5.41, 5.74) is 1.69. The minimum absolute atomic E-state index is 0.230. The van der Waals surface area contributed by atoms with E-state index in [1.54, 1.807) is 0 Å². The summed E-state index contributed by atoms with van der Waals surface area (Å²) in [6.07, 6.45) is 0. The van der Waals surface area contributed by atoms with E-state index in [4.69, 9.17) is 0 Å². The molecule has 0 spiro atoms. The molecule has 1 N–H and O–H groups in total. The molecule has 5 heteroatoms. The highest BCUT2D eigenvalue weighted by Gasteiger charge is 2.16. The van der Waals surface area contributed by atoms with Gasteiger partial charge in [0.2, 0.25) is 0 Å². The van der Waals surface area contributed by atoms with Crippen LogP contribution in [0.2, 0.25) is 0 Å². The molecule has 1 aliphatic heterocycles. The Morgan fingerprint density at radius 3 is 3.00 bits per heavy atom. The molecule has 1 aromatic heterocycles. The predicted octanol–water partition coefficient (Wildman–Crippen LogP) is 1.50. The molecule has 0 radical (unpaired) electrons. The number of aromatic nitrogens is 3. The molecule has 0 bridgehead atoms. The molecule has 0 unspecified atom stereocenters. The van der Waals surface area contributed by atoms with Crippen LogP contribution in [-0.4, -0.2) is 21.3 Å². The first-order valence-corrected chi connectivity index (χ1v) is 5.64. The fraction of sp³-hybridized carbons (Fsp3) is 0.333. The standard InChI is InChI=1S/C12H13FN4/c1-8-4-9(6-10(13)5-8)12-16-15-11-7-14-2-3-17(11)12/h4-6,14H,2-3,7H2,1H3. The number of aryl methyl sites for hydroxylation is 1. The highest BCUT2D eigenvalue weighted by atomic mass is 19.1. The monoisotopic (exact) mass is 232 g/mol. The zero-order chi connectivity index (χ0) is 11.8. The normalized spacial score (nSPS) is 14.7. The van der Waals surface area contributed by atoms with Gasteiger partial charge in [-0.05, 0) is 30.7 Å². The van der Waals surface area contributed by atoms with Crippen molar-refractivity contribution in [3.05, 3.63) is 35.4 Å². The van der Waals surface area contributed by atoms with Gasteiger partial charge in [0.25, 0.3) is 0 Å². The van der Waals surface area contributed by atoms with E-state index >= 15 is 0 Å². The second kappa shape index (κ2) is 3.92. The van der Waals surface area contributed by atoms with Gasteiger partial charge in [-0.2, -0.15) is 0 Å². The Labute approximate surface area is 98.5 Å². The van der Waals surface area contributed by atoms with E-state index in [0.717, 1.165) is 42.4 Å². The molecule has 0 fully saturated rings.